The summed E-state index contributed by atoms with van der Waals surface area (Å²) in [6.45, 7) is -0.749. The molecule has 0 aliphatic heterocycles. The van der Waals surface area contributed by atoms with Crippen molar-refractivity contribution in [2.24, 2.45) is 0 Å². The number of nitrogens with zero attached hydrogens (tertiary/aromatic N) is 2. The van der Waals surface area contributed by atoms with E-state index >= 15 is 0 Å². The second-order valence-electron chi connectivity index (χ2n) is 9.61. The highest BCUT2D eigenvalue weighted by atomic mass is 19.1. The summed E-state index contributed by atoms with van der Waals surface area (Å²) in [4.78, 5) is 30.8. The number of carbonyl (C=O) groups excluding carboxylic acids is 1. The molecule has 0 spiro atoms. The van der Waals surface area contributed by atoms with Crippen molar-refractivity contribution in [2.45, 2.75) is 6.54 Å². The van der Waals surface area contributed by atoms with Gasteiger partial charge in [0.05, 0.1) is 20.8 Å². The Morgan fingerprint density at radius 1 is 0.860 bits per heavy atom. The number of aromatic nitrogens is 2. The fraction of sp³-hybridized carbons (Fsp3) is 0.121. The van der Waals surface area contributed by atoms with Crippen LogP contribution in [0.1, 0.15) is 10.4 Å². The summed E-state index contributed by atoms with van der Waals surface area (Å²) in [5.41, 5.74) is 9.61. The van der Waals surface area contributed by atoms with Gasteiger partial charge in [-0.1, -0.05) is 30.3 Å². The van der Waals surface area contributed by atoms with E-state index in [4.69, 9.17) is 15.2 Å². The van der Waals surface area contributed by atoms with Crippen molar-refractivity contribution in [3.05, 3.63) is 113 Å². The van der Waals surface area contributed by atoms with Crippen LogP contribution in [-0.2, 0) is 6.54 Å². The van der Waals surface area contributed by atoms with Crippen LogP contribution in [0.4, 0.5) is 20.3 Å². The van der Waals surface area contributed by atoms with Crippen LogP contribution in [0, 0.1) is 5.82 Å². The zero-order valence-corrected chi connectivity index (χ0v) is 23.4. The predicted molar refractivity (Wildman–Crippen MR) is 163 cm³/mol. The van der Waals surface area contributed by atoms with E-state index in [1.165, 1.54) is 41.2 Å². The van der Waals surface area contributed by atoms with Crippen LogP contribution in [0.15, 0.2) is 96.2 Å². The molecule has 0 saturated heterocycles. The summed E-state index contributed by atoms with van der Waals surface area (Å²) >= 11 is 0. The van der Waals surface area contributed by atoms with Gasteiger partial charge in [0.2, 0.25) is 5.43 Å². The molecular formula is C33H28F2N4O4. The molecule has 5 rings (SSSR count). The predicted octanol–water partition coefficient (Wildman–Crippen LogP) is 6.20. The first-order chi connectivity index (χ1) is 20.8. The van der Waals surface area contributed by atoms with E-state index in [0.717, 1.165) is 16.7 Å². The van der Waals surface area contributed by atoms with Crippen molar-refractivity contribution in [2.75, 3.05) is 31.9 Å². The highest BCUT2D eigenvalue weighted by molar-refractivity contribution is 6.04. The van der Waals surface area contributed by atoms with Crippen LogP contribution in [0.25, 0.3) is 33.4 Å². The lowest BCUT2D eigenvalue weighted by atomic mass is 10.0. The number of hydrogen-bond donors (Lipinski definition) is 2. The van der Waals surface area contributed by atoms with Crippen LogP contribution < -0.4 is 26.0 Å². The molecule has 218 valence electrons. The lowest BCUT2D eigenvalue weighted by Crippen LogP contribution is -2.24. The van der Waals surface area contributed by atoms with Crippen LogP contribution in [0.5, 0.6) is 11.5 Å². The molecular weight excluding hydrogens is 554 g/mol. The molecule has 0 aliphatic carbocycles. The van der Waals surface area contributed by atoms with Crippen molar-refractivity contribution in [1.82, 2.24) is 9.55 Å². The number of pyridine rings is 2. The van der Waals surface area contributed by atoms with Gasteiger partial charge in [0.25, 0.3) is 5.91 Å². The Hall–Kier alpha value is -5.51. The lowest BCUT2D eigenvalue weighted by molar-refractivity contribution is 0.102. The number of nitrogens with one attached hydrogen (secondary N) is 1. The number of aryl methyl sites for hydroxylation is 1. The van der Waals surface area contributed by atoms with Gasteiger partial charge in [-0.05, 0) is 59.2 Å². The molecule has 3 aromatic carbocycles. The first kappa shape index (κ1) is 29.0. The Bertz CT molecular complexity index is 1840. The number of anilines is 2. The van der Waals surface area contributed by atoms with E-state index in [0.29, 0.717) is 34.1 Å². The average Bonchev–Trinajstić information content (AvgIpc) is 3.02. The number of methoxy groups -OCH3 is 2. The second kappa shape index (κ2) is 12.6. The van der Waals surface area contributed by atoms with E-state index in [-0.39, 0.29) is 17.7 Å². The number of benzene rings is 3. The summed E-state index contributed by atoms with van der Waals surface area (Å²) in [5, 5.41) is 2.73. The molecule has 0 fully saturated rings. The Morgan fingerprint density at radius 3 is 2.19 bits per heavy atom. The second-order valence-corrected chi connectivity index (χ2v) is 9.61. The number of alkyl halides is 1. The van der Waals surface area contributed by atoms with E-state index in [9.17, 15) is 18.4 Å². The summed E-state index contributed by atoms with van der Waals surface area (Å²) in [7, 11) is 3.14. The van der Waals surface area contributed by atoms with Gasteiger partial charge in [-0.25, -0.2) is 13.8 Å². The lowest BCUT2D eigenvalue weighted by Gasteiger charge is -2.13. The molecule has 2 heterocycles. The molecule has 0 aliphatic rings. The summed E-state index contributed by atoms with van der Waals surface area (Å²) < 4.78 is 38.8. The Balaban J connectivity index is 1.41. The van der Waals surface area contributed by atoms with Gasteiger partial charge in [-0.15, -0.1) is 0 Å². The smallest absolute Gasteiger partial charge is 0.261 e. The Morgan fingerprint density at radius 2 is 1.51 bits per heavy atom. The fourth-order valence-corrected chi connectivity index (χ4v) is 4.67. The molecule has 5 aromatic rings. The van der Waals surface area contributed by atoms with Gasteiger partial charge in [-0.3, -0.25) is 9.59 Å². The van der Waals surface area contributed by atoms with Gasteiger partial charge in [0.1, 0.15) is 23.9 Å². The zero-order valence-electron chi connectivity index (χ0n) is 23.4. The monoisotopic (exact) mass is 582 g/mol. The van der Waals surface area contributed by atoms with Crippen molar-refractivity contribution >= 4 is 17.4 Å². The minimum atomic E-state index is -0.695. The molecule has 10 heteroatoms. The normalized spacial score (nSPS) is 10.8. The van der Waals surface area contributed by atoms with Crippen molar-refractivity contribution in [1.29, 1.82) is 0 Å². The summed E-state index contributed by atoms with van der Waals surface area (Å²) in [6.07, 6.45) is 4.43. The highest BCUT2D eigenvalue weighted by Crippen LogP contribution is 2.35. The number of carbonyl (C=O) groups is 1. The third-order valence-electron chi connectivity index (χ3n) is 6.91. The summed E-state index contributed by atoms with van der Waals surface area (Å²) in [6, 6.07) is 19.7. The zero-order chi connectivity index (χ0) is 30.5. The minimum absolute atomic E-state index is 0.0543. The van der Waals surface area contributed by atoms with Gasteiger partial charge < -0.3 is 25.1 Å². The maximum Gasteiger partial charge on any atom is 0.261 e. The molecule has 0 atom stereocenters. The van der Waals surface area contributed by atoms with Crippen LogP contribution in [-0.4, -0.2) is 36.4 Å². The van der Waals surface area contributed by atoms with E-state index in [2.05, 4.69) is 10.3 Å². The topological polar surface area (TPSA) is 108 Å². The molecule has 8 nitrogen and oxygen atoms in total. The first-order valence-corrected chi connectivity index (χ1v) is 13.3. The molecule has 2 aromatic heterocycles. The number of rotatable bonds is 9. The Labute approximate surface area is 246 Å². The molecule has 0 saturated carbocycles. The average molecular weight is 583 g/mol. The standard InChI is InChI=1S/C33H28F2N4O4/c1-42-29-12-7-22(16-30(29)43-2)23-15-26(32(36)37-17-23)20-5-10-25(11-6-20)38-33(41)28-19-39(14-13-34)18-27(31(28)40)21-3-8-24(35)9-4-21/h3-12,15-19H,13-14H2,1-2H3,(H2,36,37)(H,38,41). The fourth-order valence-electron chi connectivity index (χ4n) is 4.67. The maximum absolute atomic E-state index is 13.4. The van der Waals surface area contributed by atoms with Gasteiger partial charge >= 0.3 is 0 Å². The highest BCUT2D eigenvalue weighted by Gasteiger charge is 2.17. The van der Waals surface area contributed by atoms with Crippen LogP contribution in [0.2, 0.25) is 0 Å². The van der Waals surface area contributed by atoms with Gasteiger partial charge in [0, 0.05) is 41.0 Å². The van der Waals surface area contributed by atoms with Gasteiger partial charge in [-0.2, -0.15) is 0 Å². The number of nitrogens with two attached hydrogens (primary N) is 1. The number of hydrogen-bond acceptors (Lipinski definition) is 6. The first-order valence-electron chi connectivity index (χ1n) is 13.3. The van der Waals surface area contributed by atoms with E-state index in [1.807, 2.05) is 24.3 Å². The number of halogens is 2. The molecule has 0 unspecified atom stereocenters. The number of nitrogen functional groups attached to an aromatic ring is 1. The van der Waals surface area contributed by atoms with Crippen LogP contribution in [0.3, 0.4) is 0 Å². The largest absolute Gasteiger partial charge is 0.493 e. The molecule has 1 amide bonds. The molecule has 43 heavy (non-hydrogen) atoms. The summed E-state index contributed by atoms with van der Waals surface area (Å²) in [5.74, 6) is 0.391. The van der Waals surface area contributed by atoms with E-state index < -0.39 is 23.8 Å². The third kappa shape index (κ3) is 6.23. The number of amides is 1. The van der Waals surface area contributed by atoms with E-state index in [1.54, 1.807) is 44.7 Å². The number of ether oxygens (including phenoxy) is 2. The van der Waals surface area contributed by atoms with Crippen molar-refractivity contribution < 1.29 is 23.0 Å². The van der Waals surface area contributed by atoms with Crippen molar-refractivity contribution in [3.8, 4) is 44.9 Å². The quantitative estimate of drug-likeness (QED) is 0.214. The minimum Gasteiger partial charge on any atom is -0.493 e. The van der Waals surface area contributed by atoms with Crippen LogP contribution >= 0.6 is 0 Å². The Kier molecular flexibility index (Phi) is 8.47. The molecule has 0 radical (unpaired) electrons. The third-order valence-corrected chi connectivity index (χ3v) is 6.91. The van der Waals surface area contributed by atoms with Crippen molar-refractivity contribution in [3.63, 3.8) is 0 Å². The molecule has 0 bridgehead atoms. The maximum atomic E-state index is 13.4. The van der Waals surface area contributed by atoms with Gasteiger partial charge in [0.15, 0.2) is 11.5 Å². The SMILES string of the molecule is COc1ccc(-c2cnc(N)c(-c3ccc(NC(=O)c4cn(CCF)cc(-c5ccc(F)cc5)c4=O)cc3)c2)cc1OC. The molecule has 3 N–H and O–H groups in total.